The number of nitrogens with zero attached hydrogens (tertiary/aromatic N) is 5. The monoisotopic (exact) mass is 433 g/mol. The minimum atomic E-state index is 0.569. The fourth-order valence-corrected chi connectivity index (χ4v) is 4.30. The zero-order valence-electron chi connectivity index (χ0n) is 14.1. The van der Waals surface area contributed by atoms with Gasteiger partial charge in [0, 0.05) is 33.6 Å². The van der Waals surface area contributed by atoms with Gasteiger partial charge < -0.3 is 0 Å². The molecule has 0 saturated heterocycles. The minimum absolute atomic E-state index is 0.569. The van der Waals surface area contributed by atoms with E-state index in [1.165, 1.54) is 28.9 Å². The summed E-state index contributed by atoms with van der Waals surface area (Å²) in [5.41, 5.74) is 3.86. The molecule has 0 aliphatic rings. The first-order valence-electron chi connectivity index (χ1n) is 8.00. The fourth-order valence-electron chi connectivity index (χ4n) is 2.49. The number of rotatable bonds is 5. The van der Waals surface area contributed by atoms with E-state index in [1.807, 2.05) is 28.8 Å². The Kier molecular flexibility index (Phi) is 5.45. The van der Waals surface area contributed by atoms with E-state index in [0.29, 0.717) is 15.1 Å². The number of benzene rings is 2. The molecule has 136 valence electrons. The van der Waals surface area contributed by atoms with Gasteiger partial charge in [0.1, 0.15) is 10.0 Å². The molecule has 2 aromatic carbocycles. The number of aromatic nitrogens is 5. The molecule has 4 rings (SSSR count). The Morgan fingerprint density at radius 3 is 2.37 bits per heavy atom. The van der Waals surface area contributed by atoms with Gasteiger partial charge in [-0.3, -0.25) is 4.57 Å². The molecule has 0 amide bonds. The van der Waals surface area contributed by atoms with Crippen LogP contribution in [0.15, 0.2) is 53.7 Å². The predicted octanol–water partition coefficient (Wildman–Crippen LogP) is 5.69. The van der Waals surface area contributed by atoms with Crippen molar-refractivity contribution in [2.45, 2.75) is 17.8 Å². The SMILES string of the molecule is Cc1ccc(-n2c(SCc3nnsc3Cl)nnc2-c2ccc(Cl)cc2)cc1. The Balaban J connectivity index is 1.75. The van der Waals surface area contributed by atoms with Gasteiger partial charge in [-0.05, 0) is 43.3 Å². The molecule has 0 aliphatic carbocycles. The topological polar surface area (TPSA) is 56.5 Å². The molecule has 0 fully saturated rings. The molecular weight excluding hydrogens is 421 g/mol. The van der Waals surface area contributed by atoms with Crippen molar-refractivity contribution < 1.29 is 0 Å². The maximum absolute atomic E-state index is 6.12. The molecule has 2 aromatic heterocycles. The lowest BCUT2D eigenvalue weighted by atomic mass is 10.2. The van der Waals surface area contributed by atoms with E-state index in [-0.39, 0.29) is 0 Å². The van der Waals surface area contributed by atoms with Crippen molar-refractivity contribution in [2.75, 3.05) is 0 Å². The number of hydrogen-bond donors (Lipinski definition) is 0. The third-order valence-electron chi connectivity index (χ3n) is 3.88. The first kappa shape index (κ1) is 18.4. The van der Waals surface area contributed by atoms with Gasteiger partial charge in [0.05, 0.1) is 0 Å². The van der Waals surface area contributed by atoms with Crippen molar-refractivity contribution in [3.05, 3.63) is 69.1 Å². The lowest BCUT2D eigenvalue weighted by Crippen LogP contribution is -2.00. The predicted molar refractivity (Wildman–Crippen MR) is 111 cm³/mol. The van der Waals surface area contributed by atoms with Crippen LogP contribution in [-0.4, -0.2) is 24.4 Å². The van der Waals surface area contributed by atoms with Crippen molar-refractivity contribution in [2.24, 2.45) is 0 Å². The van der Waals surface area contributed by atoms with Crippen LogP contribution in [0, 0.1) is 6.92 Å². The smallest absolute Gasteiger partial charge is 0.196 e. The summed E-state index contributed by atoms with van der Waals surface area (Å²) < 4.78 is 6.50. The number of halogens is 2. The Morgan fingerprint density at radius 2 is 1.70 bits per heavy atom. The molecule has 0 saturated carbocycles. The maximum atomic E-state index is 6.12. The second-order valence-corrected chi connectivity index (χ2v) is 8.50. The summed E-state index contributed by atoms with van der Waals surface area (Å²) >= 11 is 14.9. The van der Waals surface area contributed by atoms with Gasteiger partial charge in [0.2, 0.25) is 0 Å². The van der Waals surface area contributed by atoms with Crippen LogP contribution in [0.3, 0.4) is 0 Å². The second-order valence-electron chi connectivity index (χ2n) is 5.77. The Bertz CT molecular complexity index is 1060. The highest BCUT2D eigenvalue weighted by Gasteiger charge is 2.17. The molecule has 27 heavy (non-hydrogen) atoms. The second kappa shape index (κ2) is 7.98. The average molecular weight is 434 g/mol. The summed E-state index contributed by atoms with van der Waals surface area (Å²) in [5.74, 6) is 1.32. The van der Waals surface area contributed by atoms with Gasteiger partial charge in [-0.15, -0.1) is 15.3 Å². The highest BCUT2D eigenvalue weighted by molar-refractivity contribution is 7.98. The zero-order chi connectivity index (χ0) is 18.8. The van der Waals surface area contributed by atoms with Gasteiger partial charge in [-0.25, -0.2) is 0 Å². The third kappa shape index (κ3) is 4.01. The molecule has 0 radical (unpaired) electrons. The molecule has 0 spiro atoms. The summed E-state index contributed by atoms with van der Waals surface area (Å²) in [6, 6.07) is 15.8. The zero-order valence-corrected chi connectivity index (χ0v) is 17.3. The highest BCUT2D eigenvalue weighted by atomic mass is 35.5. The van der Waals surface area contributed by atoms with E-state index in [1.54, 1.807) is 0 Å². The van der Waals surface area contributed by atoms with Crippen molar-refractivity contribution >= 4 is 46.5 Å². The van der Waals surface area contributed by atoms with Gasteiger partial charge in [0.15, 0.2) is 11.0 Å². The number of thioether (sulfide) groups is 1. The van der Waals surface area contributed by atoms with E-state index < -0.39 is 0 Å². The quantitative estimate of drug-likeness (QED) is 0.378. The first-order valence-corrected chi connectivity index (χ1v) is 10.5. The van der Waals surface area contributed by atoms with Gasteiger partial charge >= 0.3 is 0 Å². The average Bonchev–Trinajstić information content (AvgIpc) is 3.27. The molecule has 0 aliphatic heterocycles. The van der Waals surface area contributed by atoms with Gasteiger partial charge in [-0.1, -0.05) is 57.1 Å². The van der Waals surface area contributed by atoms with Crippen molar-refractivity contribution in [1.82, 2.24) is 24.4 Å². The van der Waals surface area contributed by atoms with Crippen LogP contribution < -0.4 is 0 Å². The molecule has 0 unspecified atom stereocenters. The maximum Gasteiger partial charge on any atom is 0.196 e. The molecule has 0 N–H and O–H groups in total. The molecule has 4 aromatic rings. The van der Waals surface area contributed by atoms with Crippen LogP contribution in [-0.2, 0) is 5.75 Å². The van der Waals surface area contributed by atoms with Crippen molar-refractivity contribution in [1.29, 1.82) is 0 Å². The third-order valence-corrected chi connectivity index (χ3v) is 6.05. The molecule has 5 nitrogen and oxygen atoms in total. The van der Waals surface area contributed by atoms with E-state index in [2.05, 4.69) is 51.0 Å². The largest absolute Gasteiger partial charge is 0.270 e. The molecule has 2 heterocycles. The van der Waals surface area contributed by atoms with E-state index in [0.717, 1.165) is 27.9 Å². The summed E-state index contributed by atoms with van der Waals surface area (Å²) in [5, 5.41) is 14.3. The summed E-state index contributed by atoms with van der Waals surface area (Å²) in [4.78, 5) is 0. The van der Waals surface area contributed by atoms with E-state index >= 15 is 0 Å². The number of aryl methyl sites for hydroxylation is 1. The fraction of sp³-hybridized carbons (Fsp3) is 0.111. The Hall–Kier alpha value is -1.93. The van der Waals surface area contributed by atoms with Gasteiger partial charge in [-0.2, -0.15) is 0 Å². The van der Waals surface area contributed by atoms with Crippen LogP contribution in [0.4, 0.5) is 0 Å². The Morgan fingerprint density at radius 1 is 0.963 bits per heavy atom. The molecular formula is C18H13Cl2N5S2. The van der Waals surface area contributed by atoms with Crippen LogP contribution in [0.2, 0.25) is 9.36 Å². The van der Waals surface area contributed by atoms with Crippen molar-refractivity contribution in [3.8, 4) is 17.1 Å². The summed E-state index contributed by atoms with van der Waals surface area (Å²) in [6.07, 6.45) is 0. The van der Waals surface area contributed by atoms with E-state index in [9.17, 15) is 0 Å². The minimum Gasteiger partial charge on any atom is -0.270 e. The standard InChI is InChI=1S/C18H13Cl2N5S2/c1-11-2-8-14(9-3-11)25-17(12-4-6-13(19)7-5-12)22-23-18(25)26-10-15-16(20)27-24-21-15/h2-9H,10H2,1H3. The lowest BCUT2D eigenvalue weighted by molar-refractivity contribution is 0.884. The van der Waals surface area contributed by atoms with Crippen molar-refractivity contribution in [3.63, 3.8) is 0 Å². The van der Waals surface area contributed by atoms with Gasteiger partial charge in [0.25, 0.3) is 0 Å². The molecule has 0 bridgehead atoms. The van der Waals surface area contributed by atoms with Crippen LogP contribution in [0.1, 0.15) is 11.3 Å². The molecule has 9 heteroatoms. The number of hydrogen-bond acceptors (Lipinski definition) is 6. The first-order chi connectivity index (χ1) is 13.1. The van der Waals surface area contributed by atoms with Crippen LogP contribution >= 0.6 is 46.5 Å². The summed E-state index contributed by atoms with van der Waals surface area (Å²) in [7, 11) is 0. The Labute approximate surface area is 174 Å². The molecule has 0 atom stereocenters. The van der Waals surface area contributed by atoms with Crippen LogP contribution in [0.25, 0.3) is 17.1 Å². The highest BCUT2D eigenvalue weighted by Crippen LogP contribution is 2.31. The summed E-state index contributed by atoms with van der Waals surface area (Å²) in [6.45, 7) is 2.06. The normalized spacial score (nSPS) is 11.1. The van der Waals surface area contributed by atoms with E-state index in [4.69, 9.17) is 23.2 Å². The van der Waals surface area contributed by atoms with Crippen LogP contribution in [0.5, 0.6) is 0 Å². The lowest BCUT2D eigenvalue weighted by Gasteiger charge is -2.10.